The van der Waals surface area contributed by atoms with E-state index in [1.54, 1.807) is 42.5 Å². The smallest absolute Gasteiger partial charge is 0.287 e. The fourth-order valence-corrected chi connectivity index (χ4v) is 2.90. The van der Waals surface area contributed by atoms with Crippen molar-refractivity contribution in [2.24, 2.45) is 0 Å². The number of ether oxygens (including phenoxy) is 1. The topological polar surface area (TPSA) is 113 Å². The third-order valence-corrected chi connectivity index (χ3v) is 4.31. The highest BCUT2D eigenvalue weighted by Crippen LogP contribution is 2.28. The Morgan fingerprint density at radius 2 is 2.11 bits per heavy atom. The molecule has 140 valence electrons. The SMILES string of the molecule is C=Cc1ccc2nc(C(=O)NCc3ccc4c(c3)NC(=O)CO4)[nH]c(=O)c2c1. The summed E-state index contributed by atoms with van der Waals surface area (Å²) in [6.45, 7) is 3.85. The van der Waals surface area contributed by atoms with Crippen LogP contribution in [0.1, 0.15) is 21.7 Å². The summed E-state index contributed by atoms with van der Waals surface area (Å²) in [5.74, 6) is -0.233. The number of aromatic amines is 1. The maximum Gasteiger partial charge on any atom is 0.287 e. The largest absolute Gasteiger partial charge is 0.482 e. The average Bonchev–Trinajstić information content (AvgIpc) is 2.71. The Kier molecular flexibility index (Phi) is 4.36. The molecule has 8 nitrogen and oxygen atoms in total. The van der Waals surface area contributed by atoms with E-state index in [0.717, 1.165) is 11.1 Å². The molecule has 0 aliphatic carbocycles. The van der Waals surface area contributed by atoms with Crippen LogP contribution in [0.25, 0.3) is 17.0 Å². The van der Waals surface area contributed by atoms with Crippen LogP contribution < -0.4 is 20.9 Å². The summed E-state index contributed by atoms with van der Waals surface area (Å²) in [4.78, 5) is 42.8. The number of rotatable bonds is 4. The zero-order chi connectivity index (χ0) is 19.7. The van der Waals surface area contributed by atoms with Gasteiger partial charge in [0.25, 0.3) is 17.4 Å². The van der Waals surface area contributed by atoms with Crippen molar-refractivity contribution < 1.29 is 14.3 Å². The van der Waals surface area contributed by atoms with Crippen molar-refractivity contribution >= 4 is 34.5 Å². The number of H-pyrrole nitrogens is 1. The van der Waals surface area contributed by atoms with Crippen molar-refractivity contribution in [3.63, 3.8) is 0 Å². The molecule has 4 rings (SSSR count). The third-order valence-electron chi connectivity index (χ3n) is 4.31. The number of hydrogen-bond acceptors (Lipinski definition) is 5. The van der Waals surface area contributed by atoms with E-state index in [2.05, 4.69) is 27.2 Å². The molecule has 0 spiro atoms. The maximum atomic E-state index is 12.4. The highest BCUT2D eigenvalue weighted by molar-refractivity contribution is 5.95. The zero-order valence-electron chi connectivity index (χ0n) is 14.7. The second kappa shape index (κ2) is 6.99. The Labute approximate surface area is 159 Å². The number of benzene rings is 2. The molecule has 0 saturated carbocycles. The molecule has 8 heteroatoms. The van der Waals surface area contributed by atoms with E-state index in [1.807, 2.05) is 0 Å². The number of hydrogen-bond donors (Lipinski definition) is 3. The summed E-state index contributed by atoms with van der Waals surface area (Å²) in [5.41, 5.74) is 2.14. The van der Waals surface area contributed by atoms with E-state index in [9.17, 15) is 14.4 Å². The first-order valence-corrected chi connectivity index (χ1v) is 8.54. The molecule has 0 atom stereocenters. The van der Waals surface area contributed by atoms with Crippen LogP contribution in [0, 0.1) is 0 Å². The normalized spacial score (nSPS) is 12.6. The molecule has 3 N–H and O–H groups in total. The van der Waals surface area contributed by atoms with Gasteiger partial charge < -0.3 is 20.4 Å². The molecule has 2 aromatic carbocycles. The van der Waals surface area contributed by atoms with Crippen molar-refractivity contribution in [1.29, 1.82) is 0 Å². The second-order valence-corrected chi connectivity index (χ2v) is 6.25. The van der Waals surface area contributed by atoms with Gasteiger partial charge in [-0.25, -0.2) is 4.98 Å². The molecule has 1 aromatic heterocycles. The Balaban J connectivity index is 1.52. The molecular formula is C20H16N4O4. The molecule has 0 bridgehead atoms. The lowest BCUT2D eigenvalue weighted by Gasteiger charge is -2.18. The molecular weight excluding hydrogens is 360 g/mol. The molecule has 3 aromatic rings. The lowest BCUT2D eigenvalue weighted by Crippen LogP contribution is -2.28. The molecule has 0 fully saturated rings. The van der Waals surface area contributed by atoms with Gasteiger partial charge in [0.2, 0.25) is 0 Å². The summed E-state index contributed by atoms with van der Waals surface area (Å²) in [5, 5.41) is 5.81. The quantitative estimate of drug-likeness (QED) is 0.643. The van der Waals surface area contributed by atoms with Crippen LogP contribution in [0.4, 0.5) is 5.69 Å². The van der Waals surface area contributed by atoms with Gasteiger partial charge in [-0.3, -0.25) is 14.4 Å². The number of anilines is 1. The molecule has 0 radical (unpaired) electrons. The van der Waals surface area contributed by atoms with Crippen LogP contribution in [-0.4, -0.2) is 28.4 Å². The number of aromatic nitrogens is 2. The fraction of sp³-hybridized carbons (Fsp3) is 0.100. The Morgan fingerprint density at radius 1 is 1.25 bits per heavy atom. The molecule has 2 heterocycles. The fourth-order valence-electron chi connectivity index (χ4n) is 2.90. The maximum absolute atomic E-state index is 12.4. The standard InChI is InChI=1S/C20H16N4O4/c1-2-11-3-5-14-13(7-11)19(26)24-18(23-14)20(27)21-9-12-4-6-16-15(8-12)22-17(25)10-28-16/h2-8H,1,9-10H2,(H,21,27)(H,22,25)(H,23,24,26). The van der Waals surface area contributed by atoms with Crippen molar-refractivity contribution in [2.45, 2.75) is 6.54 Å². The summed E-state index contributed by atoms with van der Waals surface area (Å²) < 4.78 is 5.30. The van der Waals surface area contributed by atoms with Crippen LogP contribution in [0.15, 0.2) is 47.8 Å². The van der Waals surface area contributed by atoms with Crippen LogP contribution in [0.5, 0.6) is 5.75 Å². The first kappa shape index (κ1) is 17.5. The summed E-state index contributed by atoms with van der Waals surface area (Å²) in [6, 6.07) is 10.3. The number of nitrogens with one attached hydrogen (secondary N) is 3. The predicted octanol–water partition coefficient (Wildman–Crippen LogP) is 1.83. The van der Waals surface area contributed by atoms with Crippen LogP contribution in [-0.2, 0) is 11.3 Å². The minimum Gasteiger partial charge on any atom is -0.482 e. The molecule has 28 heavy (non-hydrogen) atoms. The molecule has 0 unspecified atom stereocenters. The van der Waals surface area contributed by atoms with E-state index in [0.29, 0.717) is 22.3 Å². The Morgan fingerprint density at radius 3 is 2.93 bits per heavy atom. The van der Waals surface area contributed by atoms with Crippen LogP contribution in [0.3, 0.4) is 0 Å². The zero-order valence-corrected chi connectivity index (χ0v) is 14.7. The highest BCUT2D eigenvalue weighted by atomic mass is 16.5. The summed E-state index contributed by atoms with van der Waals surface area (Å²) in [7, 11) is 0. The predicted molar refractivity (Wildman–Crippen MR) is 104 cm³/mol. The van der Waals surface area contributed by atoms with Gasteiger partial charge >= 0.3 is 0 Å². The molecule has 1 aliphatic rings. The van der Waals surface area contributed by atoms with E-state index >= 15 is 0 Å². The van der Waals surface area contributed by atoms with Gasteiger partial charge in [0.1, 0.15) is 5.75 Å². The lowest BCUT2D eigenvalue weighted by molar-refractivity contribution is -0.118. The van der Waals surface area contributed by atoms with Gasteiger partial charge in [0.05, 0.1) is 16.6 Å². The molecule has 2 amide bonds. The van der Waals surface area contributed by atoms with Crippen molar-refractivity contribution in [1.82, 2.24) is 15.3 Å². The third kappa shape index (κ3) is 3.35. The number of carbonyl (C=O) groups is 2. The number of carbonyl (C=O) groups excluding carboxylic acids is 2. The van der Waals surface area contributed by atoms with Crippen molar-refractivity contribution in [3.8, 4) is 5.75 Å². The van der Waals surface area contributed by atoms with E-state index in [1.165, 1.54) is 0 Å². The highest BCUT2D eigenvalue weighted by Gasteiger charge is 2.16. The van der Waals surface area contributed by atoms with E-state index < -0.39 is 11.5 Å². The van der Waals surface area contributed by atoms with E-state index in [-0.39, 0.29) is 24.9 Å². The van der Waals surface area contributed by atoms with Gasteiger partial charge in [-0.15, -0.1) is 0 Å². The molecule has 1 aliphatic heterocycles. The average molecular weight is 376 g/mol. The first-order valence-electron chi connectivity index (χ1n) is 8.54. The van der Waals surface area contributed by atoms with Crippen LogP contribution in [0.2, 0.25) is 0 Å². The minimum absolute atomic E-state index is 0.0155. The summed E-state index contributed by atoms with van der Waals surface area (Å²) in [6.07, 6.45) is 1.63. The van der Waals surface area contributed by atoms with Crippen molar-refractivity contribution in [3.05, 3.63) is 70.3 Å². The minimum atomic E-state index is -0.509. The number of amides is 2. The monoisotopic (exact) mass is 376 g/mol. The van der Waals surface area contributed by atoms with E-state index in [4.69, 9.17) is 4.74 Å². The Hall–Kier alpha value is -3.94. The second-order valence-electron chi connectivity index (χ2n) is 6.25. The van der Waals surface area contributed by atoms with Gasteiger partial charge in [-0.1, -0.05) is 24.8 Å². The lowest BCUT2D eigenvalue weighted by atomic mass is 10.1. The van der Waals surface area contributed by atoms with Gasteiger partial charge in [-0.05, 0) is 35.4 Å². The van der Waals surface area contributed by atoms with Gasteiger partial charge in [-0.2, -0.15) is 0 Å². The van der Waals surface area contributed by atoms with Crippen LogP contribution >= 0.6 is 0 Å². The Bertz CT molecular complexity index is 1180. The first-order chi connectivity index (χ1) is 13.5. The number of fused-ring (bicyclic) bond motifs is 2. The molecule has 0 saturated heterocycles. The van der Waals surface area contributed by atoms with Crippen molar-refractivity contribution in [2.75, 3.05) is 11.9 Å². The number of nitrogens with zero attached hydrogens (tertiary/aromatic N) is 1. The van der Waals surface area contributed by atoms with Gasteiger partial charge in [0, 0.05) is 6.54 Å². The summed E-state index contributed by atoms with van der Waals surface area (Å²) >= 11 is 0. The van der Waals surface area contributed by atoms with Gasteiger partial charge in [0.15, 0.2) is 12.4 Å².